The van der Waals surface area contributed by atoms with Crippen molar-refractivity contribution in [2.75, 3.05) is 13.1 Å². The summed E-state index contributed by atoms with van der Waals surface area (Å²) in [5.41, 5.74) is 2.42. The minimum atomic E-state index is -0.808. The van der Waals surface area contributed by atoms with Crippen LogP contribution in [0.4, 0.5) is 0 Å². The Morgan fingerprint density at radius 3 is 2.41 bits per heavy atom. The van der Waals surface area contributed by atoms with E-state index < -0.39 is 5.97 Å². The van der Waals surface area contributed by atoms with Crippen molar-refractivity contribution in [1.29, 1.82) is 0 Å². The van der Waals surface area contributed by atoms with Crippen LogP contribution in [0.5, 0.6) is 0 Å². The van der Waals surface area contributed by atoms with E-state index in [1.165, 1.54) is 5.56 Å². The molecule has 17 heavy (non-hydrogen) atoms. The molecule has 0 radical (unpaired) electrons. The maximum atomic E-state index is 10.7. The van der Waals surface area contributed by atoms with Gasteiger partial charge in [-0.25, -0.2) is 0 Å². The molecule has 0 spiro atoms. The van der Waals surface area contributed by atoms with E-state index in [1.54, 1.807) is 6.08 Å². The predicted octanol–water partition coefficient (Wildman–Crippen LogP) is 2.32. The van der Waals surface area contributed by atoms with Crippen LogP contribution in [0.25, 0.3) is 0 Å². The van der Waals surface area contributed by atoms with Crippen molar-refractivity contribution >= 4 is 5.97 Å². The fourth-order valence-corrected chi connectivity index (χ4v) is 1.70. The van der Waals surface area contributed by atoms with Crippen molar-refractivity contribution in [3.8, 4) is 0 Å². The van der Waals surface area contributed by atoms with E-state index in [-0.39, 0.29) is 6.54 Å². The monoisotopic (exact) mass is 233 g/mol. The first-order valence-electron chi connectivity index (χ1n) is 5.78. The van der Waals surface area contributed by atoms with Gasteiger partial charge in [-0.3, -0.25) is 9.69 Å². The van der Waals surface area contributed by atoms with Crippen molar-refractivity contribution in [1.82, 2.24) is 4.90 Å². The minimum absolute atomic E-state index is 0.0432. The lowest BCUT2D eigenvalue weighted by atomic mass is 10.1. The maximum Gasteiger partial charge on any atom is 0.317 e. The van der Waals surface area contributed by atoms with Gasteiger partial charge in [0.1, 0.15) is 0 Å². The molecule has 0 saturated heterocycles. The number of hydrogen-bond acceptors (Lipinski definition) is 2. The number of aliphatic carboxylic acids is 1. The summed E-state index contributed by atoms with van der Waals surface area (Å²) in [5, 5.41) is 8.79. The van der Waals surface area contributed by atoms with Gasteiger partial charge in [0.25, 0.3) is 0 Å². The normalized spacial score (nSPS) is 10.5. The molecule has 0 amide bonds. The first-order valence-corrected chi connectivity index (χ1v) is 5.78. The Morgan fingerprint density at radius 2 is 1.94 bits per heavy atom. The second-order valence-electron chi connectivity index (χ2n) is 4.02. The van der Waals surface area contributed by atoms with Crippen molar-refractivity contribution < 1.29 is 9.90 Å². The van der Waals surface area contributed by atoms with Crippen LogP contribution in [0.1, 0.15) is 18.1 Å². The van der Waals surface area contributed by atoms with Crippen LogP contribution in [0.2, 0.25) is 0 Å². The number of benzene rings is 1. The van der Waals surface area contributed by atoms with Crippen LogP contribution in [-0.4, -0.2) is 29.1 Å². The third-order valence-corrected chi connectivity index (χ3v) is 2.58. The molecule has 1 N–H and O–H groups in total. The minimum Gasteiger partial charge on any atom is -0.480 e. The molecule has 0 aliphatic rings. The van der Waals surface area contributed by atoms with Crippen molar-refractivity contribution in [2.45, 2.75) is 19.9 Å². The van der Waals surface area contributed by atoms with E-state index in [2.05, 4.69) is 37.8 Å². The lowest BCUT2D eigenvalue weighted by Gasteiger charge is -2.18. The Hall–Kier alpha value is -1.61. The van der Waals surface area contributed by atoms with Crippen LogP contribution in [0.3, 0.4) is 0 Å². The number of aryl methyl sites for hydroxylation is 1. The highest BCUT2D eigenvalue weighted by Gasteiger charge is 2.08. The van der Waals surface area contributed by atoms with Gasteiger partial charge in [-0.15, -0.1) is 6.58 Å². The van der Waals surface area contributed by atoms with Crippen LogP contribution < -0.4 is 0 Å². The lowest BCUT2D eigenvalue weighted by Crippen LogP contribution is -2.29. The van der Waals surface area contributed by atoms with E-state index in [0.29, 0.717) is 13.1 Å². The number of carbonyl (C=O) groups is 1. The van der Waals surface area contributed by atoms with Crippen LogP contribution in [0, 0.1) is 0 Å². The summed E-state index contributed by atoms with van der Waals surface area (Å²) in [6.07, 6.45) is 2.75. The van der Waals surface area contributed by atoms with Gasteiger partial charge in [0, 0.05) is 13.1 Å². The summed E-state index contributed by atoms with van der Waals surface area (Å²) < 4.78 is 0. The Kier molecular flexibility index (Phi) is 5.43. The van der Waals surface area contributed by atoms with Gasteiger partial charge in [-0.05, 0) is 17.5 Å². The molecule has 1 rings (SSSR count). The number of carboxylic acid groups (broad SMARTS) is 1. The molecule has 92 valence electrons. The van der Waals surface area contributed by atoms with Gasteiger partial charge in [0.15, 0.2) is 0 Å². The predicted molar refractivity (Wildman–Crippen MR) is 68.9 cm³/mol. The number of nitrogens with zero attached hydrogens (tertiary/aromatic N) is 1. The summed E-state index contributed by atoms with van der Waals surface area (Å²) in [7, 11) is 0. The van der Waals surface area contributed by atoms with E-state index in [4.69, 9.17) is 5.11 Å². The molecule has 3 nitrogen and oxygen atoms in total. The molecule has 3 heteroatoms. The smallest absolute Gasteiger partial charge is 0.317 e. The van der Waals surface area contributed by atoms with Crippen LogP contribution in [-0.2, 0) is 17.8 Å². The average Bonchev–Trinajstić information content (AvgIpc) is 2.29. The Balaban J connectivity index is 2.64. The summed E-state index contributed by atoms with van der Waals surface area (Å²) in [4.78, 5) is 12.5. The second-order valence-corrected chi connectivity index (χ2v) is 4.02. The Bertz CT molecular complexity index is 370. The molecule has 0 aromatic heterocycles. The standard InChI is InChI=1S/C14H19NO2/c1-3-9-15(11-14(16)17)10-13-7-5-12(4-2)6-8-13/h3,5-8H,1,4,9-11H2,2H3,(H,16,17). The van der Waals surface area contributed by atoms with E-state index in [9.17, 15) is 4.79 Å². The van der Waals surface area contributed by atoms with Gasteiger partial charge < -0.3 is 5.11 Å². The highest BCUT2D eigenvalue weighted by molar-refractivity contribution is 5.69. The fraction of sp³-hybridized carbons (Fsp3) is 0.357. The average molecular weight is 233 g/mol. The third-order valence-electron chi connectivity index (χ3n) is 2.58. The van der Waals surface area contributed by atoms with Gasteiger partial charge in [0.05, 0.1) is 6.54 Å². The lowest BCUT2D eigenvalue weighted by molar-refractivity contribution is -0.138. The quantitative estimate of drug-likeness (QED) is 0.735. The SMILES string of the molecule is C=CCN(CC(=O)O)Cc1ccc(CC)cc1. The summed E-state index contributed by atoms with van der Waals surface area (Å²) in [6, 6.07) is 8.28. The molecule has 0 heterocycles. The first-order chi connectivity index (χ1) is 8.15. The first kappa shape index (κ1) is 13.5. The fourth-order valence-electron chi connectivity index (χ4n) is 1.70. The maximum absolute atomic E-state index is 10.7. The Labute approximate surface area is 102 Å². The zero-order valence-electron chi connectivity index (χ0n) is 10.2. The molecule has 0 aliphatic heterocycles. The molecule has 0 saturated carbocycles. The molecule has 1 aromatic rings. The van der Waals surface area contributed by atoms with Gasteiger partial charge in [-0.2, -0.15) is 0 Å². The summed E-state index contributed by atoms with van der Waals surface area (Å²) >= 11 is 0. The highest BCUT2D eigenvalue weighted by Crippen LogP contribution is 2.08. The molecule has 1 aromatic carbocycles. The topological polar surface area (TPSA) is 40.5 Å². The van der Waals surface area contributed by atoms with E-state index >= 15 is 0 Å². The third kappa shape index (κ3) is 4.83. The van der Waals surface area contributed by atoms with Gasteiger partial charge in [0.2, 0.25) is 0 Å². The summed E-state index contributed by atoms with van der Waals surface area (Å²) in [6.45, 7) is 7.03. The van der Waals surface area contributed by atoms with E-state index in [0.717, 1.165) is 12.0 Å². The number of rotatable bonds is 7. The summed E-state index contributed by atoms with van der Waals surface area (Å²) in [5.74, 6) is -0.808. The largest absolute Gasteiger partial charge is 0.480 e. The van der Waals surface area contributed by atoms with Crippen molar-refractivity contribution in [3.05, 3.63) is 48.0 Å². The molecule has 0 aliphatic carbocycles. The number of carboxylic acids is 1. The van der Waals surface area contributed by atoms with Crippen LogP contribution in [0.15, 0.2) is 36.9 Å². The molecule has 0 fully saturated rings. The molecular formula is C14H19NO2. The molecule has 0 unspecified atom stereocenters. The van der Waals surface area contributed by atoms with E-state index in [1.807, 2.05) is 4.90 Å². The van der Waals surface area contributed by atoms with Crippen molar-refractivity contribution in [3.63, 3.8) is 0 Å². The van der Waals surface area contributed by atoms with Crippen molar-refractivity contribution in [2.24, 2.45) is 0 Å². The highest BCUT2D eigenvalue weighted by atomic mass is 16.4. The van der Waals surface area contributed by atoms with Gasteiger partial charge in [-0.1, -0.05) is 37.3 Å². The zero-order valence-corrected chi connectivity index (χ0v) is 10.2. The van der Waals surface area contributed by atoms with Crippen LogP contribution >= 0.6 is 0 Å². The number of hydrogen-bond donors (Lipinski definition) is 1. The Morgan fingerprint density at radius 1 is 1.35 bits per heavy atom. The van der Waals surface area contributed by atoms with Gasteiger partial charge >= 0.3 is 5.97 Å². The molecular weight excluding hydrogens is 214 g/mol. The molecule has 0 bridgehead atoms. The molecule has 0 atom stereocenters. The second kappa shape index (κ2) is 6.86. The zero-order chi connectivity index (χ0) is 12.7.